The molecule has 0 unspecified atom stereocenters. The molecular weight excluding hydrogens is 116 g/mol. The maximum atomic E-state index is 9.58. The van der Waals surface area contributed by atoms with Gasteiger partial charge < -0.3 is 4.74 Å². The number of hydrogen-bond donors (Lipinski definition) is 0. The Kier molecular flexibility index (Phi) is 6.58. The lowest BCUT2D eigenvalue weighted by molar-refractivity contribution is -0.127. The van der Waals surface area contributed by atoms with Gasteiger partial charge in [0.05, 0.1) is 0 Å². The number of carbonyl (C=O) groups excluding carboxylic acids is 1. The van der Waals surface area contributed by atoms with Gasteiger partial charge in [0.15, 0.2) is 0 Å². The van der Waals surface area contributed by atoms with E-state index in [4.69, 9.17) is 0 Å². The molecule has 0 aromatic rings. The molecule has 0 aromatic carbocycles. The Morgan fingerprint density at radius 1 is 1.44 bits per heavy atom. The fourth-order valence-corrected chi connectivity index (χ4v) is 0.447. The van der Waals surface area contributed by atoms with Gasteiger partial charge in [0, 0.05) is 0 Å². The molecule has 0 aliphatic carbocycles. The maximum absolute atomic E-state index is 9.58. The number of rotatable bonds is 5. The summed E-state index contributed by atoms with van der Waals surface area (Å²) in [5, 5.41) is 0. The minimum absolute atomic E-state index is 0.406. The molecule has 2 heteroatoms. The Balaban J connectivity index is 2.94. The predicted molar refractivity (Wildman–Crippen MR) is 36.1 cm³/mol. The van der Waals surface area contributed by atoms with Crippen LogP contribution in [0.2, 0.25) is 0 Å². The first-order valence-corrected chi connectivity index (χ1v) is 3.12. The summed E-state index contributed by atoms with van der Waals surface area (Å²) in [5.74, 6) is 0. The van der Waals surface area contributed by atoms with Crippen molar-refractivity contribution in [3.8, 4) is 0 Å². The van der Waals surface area contributed by atoms with Gasteiger partial charge in [-0.2, -0.15) is 0 Å². The third-order valence-corrected chi connectivity index (χ3v) is 0.882. The third-order valence-electron chi connectivity index (χ3n) is 0.882. The van der Waals surface area contributed by atoms with Crippen molar-refractivity contribution in [3.05, 3.63) is 12.2 Å². The van der Waals surface area contributed by atoms with E-state index < -0.39 is 0 Å². The number of carbonyl (C=O) groups is 1. The third kappa shape index (κ3) is 7.21. The average Bonchev–Trinajstić information content (AvgIpc) is 1.89. The first kappa shape index (κ1) is 8.21. The summed E-state index contributed by atoms with van der Waals surface area (Å²) < 4.78 is 4.41. The van der Waals surface area contributed by atoms with Crippen molar-refractivity contribution in [3.63, 3.8) is 0 Å². The van der Waals surface area contributed by atoms with E-state index in [1.54, 1.807) is 0 Å². The summed E-state index contributed by atoms with van der Waals surface area (Å²) >= 11 is 0. The summed E-state index contributed by atoms with van der Waals surface area (Å²) in [6.07, 6.45) is 6.04. The molecule has 0 saturated heterocycles. The second-order valence-corrected chi connectivity index (χ2v) is 1.69. The van der Waals surface area contributed by atoms with Crippen molar-refractivity contribution in [1.82, 2.24) is 0 Å². The molecule has 0 aliphatic heterocycles. The Morgan fingerprint density at radius 3 is 2.78 bits per heavy atom. The fourth-order valence-electron chi connectivity index (χ4n) is 0.447. The van der Waals surface area contributed by atoms with E-state index >= 15 is 0 Å². The van der Waals surface area contributed by atoms with E-state index in [1.807, 2.05) is 12.2 Å². The van der Waals surface area contributed by atoms with Crippen LogP contribution in [-0.2, 0) is 9.53 Å². The normalized spacial score (nSPS) is 9.89. The quantitative estimate of drug-likeness (QED) is 0.319. The zero-order valence-corrected chi connectivity index (χ0v) is 5.67. The van der Waals surface area contributed by atoms with Crippen LogP contribution in [-0.4, -0.2) is 13.1 Å². The summed E-state index contributed by atoms with van der Waals surface area (Å²) in [5.41, 5.74) is 0. The van der Waals surface area contributed by atoms with E-state index in [-0.39, 0.29) is 0 Å². The lowest BCUT2D eigenvalue weighted by Gasteiger charge is -1.87. The Morgan fingerprint density at radius 2 is 2.22 bits per heavy atom. The highest BCUT2D eigenvalue weighted by Gasteiger charge is 1.74. The van der Waals surface area contributed by atoms with Crippen LogP contribution in [0.25, 0.3) is 0 Å². The van der Waals surface area contributed by atoms with Gasteiger partial charge in [-0.15, -0.1) is 0 Å². The summed E-state index contributed by atoms with van der Waals surface area (Å²) in [4.78, 5) is 9.58. The van der Waals surface area contributed by atoms with Gasteiger partial charge in [0.2, 0.25) is 0 Å². The van der Waals surface area contributed by atoms with Crippen LogP contribution in [0.5, 0.6) is 0 Å². The van der Waals surface area contributed by atoms with Crippen molar-refractivity contribution in [2.45, 2.75) is 19.8 Å². The van der Waals surface area contributed by atoms with E-state index in [0.29, 0.717) is 13.1 Å². The molecule has 0 radical (unpaired) electrons. The molecule has 0 N–H and O–H groups in total. The Hall–Kier alpha value is -0.790. The molecule has 0 amide bonds. The van der Waals surface area contributed by atoms with Gasteiger partial charge in [0.1, 0.15) is 6.61 Å². The van der Waals surface area contributed by atoms with E-state index in [0.717, 1.165) is 12.8 Å². The van der Waals surface area contributed by atoms with Gasteiger partial charge in [0.25, 0.3) is 6.47 Å². The van der Waals surface area contributed by atoms with Crippen LogP contribution in [0.4, 0.5) is 0 Å². The molecule has 0 atom stereocenters. The molecule has 0 aromatic heterocycles. The largest absolute Gasteiger partial charge is 0.464 e. The second kappa shape index (κ2) is 7.21. The van der Waals surface area contributed by atoms with Crippen molar-refractivity contribution in [2.24, 2.45) is 0 Å². The fraction of sp³-hybridized carbons (Fsp3) is 0.571. The van der Waals surface area contributed by atoms with Crippen LogP contribution in [0.15, 0.2) is 12.2 Å². The van der Waals surface area contributed by atoms with Gasteiger partial charge in [-0.1, -0.05) is 25.5 Å². The molecule has 0 aliphatic rings. The molecule has 0 saturated carbocycles. The zero-order valence-electron chi connectivity index (χ0n) is 5.67. The van der Waals surface area contributed by atoms with Crippen molar-refractivity contribution >= 4 is 6.47 Å². The SMILES string of the molecule is CCCC=CCOC=O. The molecule has 52 valence electrons. The van der Waals surface area contributed by atoms with Gasteiger partial charge in [-0.25, -0.2) is 0 Å². The van der Waals surface area contributed by atoms with Crippen LogP contribution >= 0.6 is 0 Å². The van der Waals surface area contributed by atoms with Gasteiger partial charge in [-0.05, 0) is 6.42 Å². The summed E-state index contributed by atoms with van der Waals surface area (Å²) in [7, 11) is 0. The van der Waals surface area contributed by atoms with E-state index in [9.17, 15) is 4.79 Å². The lowest BCUT2D eigenvalue weighted by Crippen LogP contribution is -1.84. The number of hydrogen-bond acceptors (Lipinski definition) is 2. The van der Waals surface area contributed by atoms with Gasteiger partial charge in [-0.3, -0.25) is 4.79 Å². The van der Waals surface area contributed by atoms with Crippen molar-refractivity contribution < 1.29 is 9.53 Å². The summed E-state index contributed by atoms with van der Waals surface area (Å²) in [6, 6.07) is 0. The van der Waals surface area contributed by atoms with Gasteiger partial charge >= 0.3 is 0 Å². The highest BCUT2D eigenvalue weighted by atomic mass is 16.5. The van der Waals surface area contributed by atoms with Crippen molar-refractivity contribution in [2.75, 3.05) is 6.61 Å². The highest BCUT2D eigenvalue weighted by molar-refractivity contribution is 5.37. The minimum atomic E-state index is 0.406. The molecule has 0 fully saturated rings. The lowest BCUT2D eigenvalue weighted by atomic mass is 10.3. The maximum Gasteiger partial charge on any atom is 0.293 e. The zero-order chi connectivity index (χ0) is 6.95. The average molecular weight is 128 g/mol. The molecule has 0 spiro atoms. The Bertz CT molecular complexity index is 86.9. The first-order chi connectivity index (χ1) is 4.41. The smallest absolute Gasteiger partial charge is 0.293 e. The summed E-state index contributed by atoms with van der Waals surface area (Å²) in [6.45, 7) is 2.96. The number of unbranched alkanes of at least 4 members (excludes halogenated alkanes) is 1. The molecule has 0 heterocycles. The molecule has 0 rings (SSSR count). The van der Waals surface area contributed by atoms with Crippen LogP contribution in [0, 0.1) is 0 Å². The van der Waals surface area contributed by atoms with Crippen molar-refractivity contribution in [1.29, 1.82) is 0 Å². The molecule has 0 bridgehead atoms. The van der Waals surface area contributed by atoms with E-state index in [2.05, 4.69) is 11.7 Å². The monoisotopic (exact) mass is 128 g/mol. The minimum Gasteiger partial charge on any atom is -0.464 e. The molecule has 9 heavy (non-hydrogen) atoms. The predicted octanol–water partition coefficient (Wildman–Crippen LogP) is 1.52. The second-order valence-electron chi connectivity index (χ2n) is 1.69. The van der Waals surface area contributed by atoms with E-state index in [1.165, 1.54) is 0 Å². The standard InChI is InChI=1S/C7H12O2/c1-2-3-4-5-6-9-7-8/h4-5,7H,2-3,6H2,1H3. The number of allylic oxidation sites excluding steroid dienone is 1. The van der Waals surface area contributed by atoms with Crippen LogP contribution < -0.4 is 0 Å². The van der Waals surface area contributed by atoms with Crippen LogP contribution in [0.3, 0.4) is 0 Å². The topological polar surface area (TPSA) is 26.3 Å². The highest BCUT2D eigenvalue weighted by Crippen LogP contribution is 1.87. The van der Waals surface area contributed by atoms with Crippen LogP contribution in [0.1, 0.15) is 19.8 Å². The number of ether oxygens (including phenoxy) is 1. The first-order valence-electron chi connectivity index (χ1n) is 3.12. The molecule has 2 nitrogen and oxygen atoms in total. The molecular formula is C7H12O2. The Labute approximate surface area is 55.5 Å².